The smallest absolute Gasteiger partial charge is 0.329 e. The summed E-state index contributed by atoms with van der Waals surface area (Å²) in [5, 5.41) is 4.95. The minimum atomic E-state index is -3.77. The second-order valence-corrected chi connectivity index (χ2v) is 9.92. The molecule has 0 heterocycles. The fourth-order valence-corrected chi connectivity index (χ4v) is 4.73. The van der Waals surface area contributed by atoms with Gasteiger partial charge in [-0.2, -0.15) is 4.31 Å². The molecule has 0 fully saturated rings. The second-order valence-electron chi connectivity index (χ2n) is 7.98. The van der Waals surface area contributed by atoms with Crippen LogP contribution in [0.25, 0.3) is 0 Å². The van der Waals surface area contributed by atoms with Gasteiger partial charge in [0.25, 0.3) is 11.8 Å². The molecule has 190 valence electrons. The minimum absolute atomic E-state index is 0.0356. The van der Waals surface area contributed by atoms with Crippen LogP contribution in [0, 0.1) is 11.7 Å². The summed E-state index contributed by atoms with van der Waals surface area (Å²) in [7, 11) is -3.77. The van der Waals surface area contributed by atoms with Gasteiger partial charge in [0.1, 0.15) is 11.9 Å². The molecule has 0 saturated carbocycles. The normalized spacial score (nSPS) is 12.3. The number of ether oxygens (including phenoxy) is 1. The lowest BCUT2D eigenvalue weighted by atomic mass is 10.0. The Morgan fingerprint density at radius 2 is 1.69 bits per heavy atom. The SMILES string of the molecule is CCN(CC)S(=O)(=O)c1cccc(C(=O)NC(C(=O)OCC(=O)Nc2cccc(F)c2)C(C)C)c1. The first-order valence-corrected chi connectivity index (χ1v) is 12.6. The molecule has 35 heavy (non-hydrogen) atoms. The van der Waals surface area contributed by atoms with Crippen molar-refractivity contribution in [2.45, 2.75) is 38.6 Å². The molecule has 0 aromatic heterocycles. The van der Waals surface area contributed by atoms with Crippen LogP contribution in [0.4, 0.5) is 10.1 Å². The molecule has 2 aromatic carbocycles. The standard InChI is InChI=1S/C24H30FN3O6S/c1-5-28(6-2)35(32,33)20-12-7-9-17(13-20)23(30)27-22(16(3)4)24(31)34-15-21(29)26-19-11-8-10-18(25)14-19/h7-14,16,22H,5-6,15H2,1-4H3,(H,26,29)(H,27,30). The van der Waals surface area contributed by atoms with E-state index in [1.165, 1.54) is 46.8 Å². The maximum Gasteiger partial charge on any atom is 0.329 e. The van der Waals surface area contributed by atoms with E-state index in [0.717, 1.165) is 6.07 Å². The Hall–Kier alpha value is -3.31. The van der Waals surface area contributed by atoms with E-state index < -0.39 is 46.3 Å². The van der Waals surface area contributed by atoms with Crippen molar-refractivity contribution in [3.05, 3.63) is 59.9 Å². The zero-order valence-electron chi connectivity index (χ0n) is 20.1. The molecular formula is C24H30FN3O6S. The van der Waals surface area contributed by atoms with Crippen molar-refractivity contribution in [1.82, 2.24) is 9.62 Å². The molecule has 0 radical (unpaired) electrons. The molecule has 11 heteroatoms. The van der Waals surface area contributed by atoms with Crippen molar-refractivity contribution in [3.8, 4) is 0 Å². The lowest BCUT2D eigenvalue weighted by Crippen LogP contribution is -2.46. The fraction of sp³-hybridized carbons (Fsp3) is 0.375. The molecule has 2 aromatic rings. The topological polar surface area (TPSA) is 122 Å². The third-order valence-corrected chi connectivity index (χ3v) is 7.15. The van der Waals surface area contributed by atoms with Gasteiger partial charge in [0.15, 0.2) is 6.61 Å². The first kappa shape index (κ1) is 27.9. The van der Waals surface area contributed by atoms with Crippen LogP contribution in [-0.4, -0.2) is 56.2 Å². The molecule has 0 aliphatic rings. The van der Waals surface area contributed by atoms with Gasteiger partial charge in [-0.3, -0.25) is 9.59 Å². The molecule has 0 spiro atoms. The number of amides is 2. The quantitative estimate of drug-likeness (QED) is 0.451. The van der Waals surface area contributed by atoms with Gasteiger partial charge in [0.05, 0.1) is 4.90 Å². The number of carbonyl (C=O) groups excluding carboxylic acids is 3. The van der Waals surface area contributed by atoms with Crippen LogP contribution < -0.4 is 10.6 Å². The average molecular weight is 508 g/mol. The van der Waals surface area contributed by atoms with Crippen molar-refractivity contribution in [2.75, 3.05) is 25.0 Å². The van der Waals surface area contributed by atoms with Crippen molar-refractivity contribution in [1.29, 1.82) is 0 Å². The molecule has 0 saturated heterocycles. The number of nitrogens with zero attached hydrogens (tertiary/aromatic N) is 1. The summed E-state index contributed by atoms with van der Waals surface area (Å²) < 4.78 is 45.1. The summed E-state index contributed by atoms with van der Waals surface area (Å²) in [4.78, 5) is 37.4. The van der Waals surface area contributed by atoms with Gasteiger partial charge >= 0.3 is 5.97 Å². The van der Waals surface area contributed by atoms with Crippen molar-refractivity contribution in [2.24, 2.45) is 5.92 Å². The highest BCUT2D eigenvalue weighted by atomic mass is 32.2. The summed E-state index contributed by atoms with van der Waals surface area (Å²) in [5.41, 5.74) is 0.264. The van der Waals surface area contributed by atoms with E-state index >= 15 is 0 Å². The van der Waals surface area contributed by atoms with Gasteiger partial charge in [0.2, 0.25) is 10.0 Å². The maximum absolute atomic E-state index is 13.2. The lowest BCUT2D eigenvalue weighted by molar-refractivity contribution is -0.150. The number of anilines is 1. The van der Waals surface area contributed by atoms with Gasteiger partial charge in [-0.25, -0.2) is 17.6 Å². The van der Waals surface area contributed by atoms with Crippen LogP contribution in [0.5, 0.6) is 0 Å². The summed E-state index contributed by atoms with van der Waals surface area (Å²) in [6.45, 7) is 6.73. The highest BCUT2D eigenvalue weighted by Crippen LogP contribution is 2.17. The van der Waals surface area contributed by atoms with Crippen LogP contribution in [0.2, 0.25) is 0 Å². The van der Waals surface area contributed by atoms with Crippen LogP contribution in [0.15, 0.2) is 53.4 Å². The monoisotopic (exact) mass is 507 g/mol. The first-order valence-electron chi connectivity index (χ1n) is 11.1. The zero-order chi connectivity index (χ0) is 26.2. The zero-order valence-corrected chi connectivity index (χ0v) is 20.9. The van der Waals surface area contributed by atoms with Gasteiger partial charge < -0.3 is 15.4 Å². The first-order chi connectivity index (χ1) is 16.5. The number of benzene rings is 2. The number of nitrogens with one attached hydrogen (secondary N) is 2. The molecular weight excluding hydrogens is 477 g/mol. The Kier molecular flexibility index (Phi) is 9.90. The number of halogens is 1. The van der Waals surface area contributed by atoms with Crippen LogP contribution >= 0.6 is 0 Å². The Balaban J connectivity index is 2.07. The van der Waals surface area contributed by atoms with Gasteiger partial charge in [-0.1, -0.05) is 39.8 Å². The summed E-state index contributed by atoms with van der Waals surface area (Å²) >= 11 is 0. The third kappa shape index (κ3) is 7.59. The molecule has 0 aliphatic carbocycles. The predicted octanol–water partition coefficient (Wildman–Crippen LogP) is 2.79. The Morgan fingerprint density at radius 1 is 1.03 bits per heavy atom. The number of esters is 1. The minimum Gasteiger partial charge on any atom is -0.454 e. The average Bonchev–Trinajstić information content (AvgIpc) is 2.81. The third-order valence-electron chi connectivity index (χ3n) is 5.10. The van der Waals surface area contributed by atoms with E-state index in [1.807, 2.05) is 0 Å². The molecule has 0 aliphatic heterocycles. The Labute approximate surface area is 204 Å². The predicted molar refractivity (Wildman–Crippen MR) is 129 cm³/mol. The molecule has 2 rings (SSSR count). The number of carbonyl (C=O) groups is 3. The highest BCUT2D eigenvalue weighted by molar-refractivity contribution is 7.89. The molecule has 2 N–H and O–H groups in total. The van der Waals surface area contributed by atoms with Crippen molar-refractivity contribution < 1.29 is 31.9 Å². The molecule has 2 amide bonds. The molecule has 1 atom stereocenters. The van der Waals surface area contributed by atoms with Crippen LogP contribution in [-0.2, 0) is 24.3 Å². The van der Waals surface area contributed by atoms with E-state index in [9.17, 15) is 27.2 Å². The largest absolute Gasteiger partial charge is 0.454 e. The lowest BCUT2D eigenvalue weighted by Gasteiger charge is -2.21. The molecule has 9 nitrogen and oxygen atoms in total. The Bertz CT molecular complexity index is 1170. The number of rotatable bonds is 11. The van der Waals surface area contributed by atoms with E-state index in [2.05, 4.69) is 10.6 Å². The van der Waals surface area contributed by atoms with Crippen LogP contribution in [0.1, 0.15) is 38.1 Å². The molecule has 1 unspecified atom stereocenters. The van der Waals surface area contributed by atoms with E-state index in [4.69, 9.17) is 4.74 Å². The maximum atomic E-state index is 13.2. The van der Waals surface area contributed by atoms with E-state index in [0.29, 0.717) is 0 Å². The van der Waals surface area contributed by atoms with Gasteiger partial charge in [0, 0.05) is 24.3 Å². The number of sulfonamides is 1. The summed E-state index contributed by atoms with van der Waals surface area (Å²) in [6.07, 6.45) is 0. The van der Waals surface area contributed by atoms with Crippen molar-refractivity contribution in [3.63, 3.8) is 0 Å². The number of hydrogen-bond acceptors (Lipinski definition) is 6. The van der Waals surface area contributed by atoms with Crippen molar-refractivity contribution >= 4 is 33.5 Å². The Morgan fingerprint density at radius 3 is 2.29 bits per heavy atom. The summed E-state index contributed by atoms with van der Waals surface area (Å²) in [6, 6.07) is 9.68. The summed E-state index contributed by atoms with van der Waals surface area (Å²) in [5.74, 6) is -3.10. The van der Waals surface area contributed by atoms with E-state index in [1.54, 1.807) is 27.7 Å². The fourth-order valence-electron chi connectivity index (χ4n) is 3.22. The van der Waals surface area contributed by atoms with Gasteiger partial charge in [-0.15, -0.1) is 0 Å². The second kappa shape index (κ2) is 12.4. The van der Waals surface area contributed by atoms with Gasteiger partial charge in [-0.05, 0) is 42.3 Å². The number of hydrogen-bond donors (Lipinski definition) is 2. The molecule has 0 bridgehead atoms. The van der Waals surface area contributed by atoms with Crippen LogP contribution in [0.3, 0.4) is 0 Å². The van der Waals surface area contributed by atoms with E-state index in [-0.39, 0.29) is 35.2 Å². The highest BCUT2D eigenvalue weighted by Gasteiger charge is 2.28.